The van der Waals surface area contributed by atoms with Crippen molar-refractivity contribution in [2.24, 2.45) is 0 Å². The summed E-state index contributed by atoms with van der Waals surface area (Å²) in [6.07, 6.45) is 1.89. The molecule has 15 heavy (non-hydrogen) atoms. The summed E-state index contributed by atoms with van der Waals surface area (Å²) in [4.78, 5) is 10.5. The minimum absolute atomic E-state index is 0.00184. The van der Waals surface area contributed by atoms with Gasteiger partial charge in [0.25, 0.3) is 0 Å². The Balaban J connectivity index is 1.90. The predicted molar refractivity (Wildman–Crippen MR) is 52.6 cm³/mol. The Kier molecular flexibility index (Phi) is 2.49. The molecule has 80 valence electrons. The van der Waals surface area contributed by atoms with Crippen LogP contribution in [-0.4, -0.2) is 22.3 Å². The van der Waals surface area contributed by atoms with Crippen molar-refractivity contribution in [2.75, 3.05) is 0 Å². The summed E-state index contributed by atoms with van der Waals surface area (Å²) in [5.41, 5.74) is 0.843. The predicted octanol–water partition coefficient (Wildman–Crippen LogP) is 1.35. The van der Waals surface area contributed by atoms with Crippen LogP contribution in [0, 0.1) is 0 Å². The molecule has 0 bridgehead atoms. The molecule has 0 saturated carbocycles. The normalized spacial score (nSPS) is 19.5. The number of cyclic esters (lactones) is 1. The molecule has 1 aromatic rings. The summed E-state index contributed by atoms with van der Waals surface area (Å²) in [5, 5.41) is 18.5. The molecule has 4 nitrogen and oxygen atoms in total. The summed E-state index contributed by atoms with van der Waals surface area (Å²) < 4.78 is 4.86. The highest BCUT2D eigenvalue weighted by Gasteiger charge is 2.27. The summed E-state index contributed by atoms with van der Waals surface area (Å²) in [5.74, 6) is -0.0510. The molecule has 1 saturated heterocycles. The van der Waals surface area contributed by atoms with Gasteiger partial charge in [0.2, 0.25) is 0 Å². The second-order valence-corrected chi connectivity index (χ2v) is 3.71. The zero-order valence-corrected chi connectivity index (χ0v) is 8.14. The van der Waals surface area contributed by atoms with Crippen molar-refractivity contribution in [3.63, 3.8) is 0 Å². The van der Waals surface area contributed by atoms with E-state index in [1.165, 1.54) is 6.07 Å². The van der Waals surface area contributed by atoms with Gasteiger partial charge in [0.05, 0.1) is 6.42 Å². The Morgan fingerprint density at radius 1 is 1.27 bits per heavy atom. The van der Waals surface area contributed by atoms with Crippen molar-refractivity contribution in [1.82, 2.24) is 0 Å². The molecule has 4 heteroatoms. The fourth-order valence-electron chi connectivity index (χ4n) is 1.65. The topological polar surface area (TPSA) is 66.8 Å². The van der Waals surface area contributed by atoms with E-state index in [-0.39, 0.29) is 23.6 Å². The van der Waals surface area contributed by atoms with Crippen LogP contribution in [0.1, 0.15) is 18.4 Å². The summed E-state index contributed by atoms with van der Waals surface area (Å²) >= 11 is 0. The highest BCUT2D eigenvalue weighted by molar-refractivity contribution is 5.75. The van der Waals surface area contributed by atoms with E-state index in [4.69, 9.17) is 4.74 Å². The van der Waals surface area contributed by atoms with Crippen LogP contribution in [0.2, 0.25) is 0 Å². The molecule has 0 aromatic heterocycles. The zero-order chi connectivity index (χ0) is 10.8. The molecule has 0 radical (unpaired) electrons. The van der Waals surface area contributed by atoms with Crippen molar-refractivity contribution in [3.8, 4) is 11.5 Å². The number of rotatable bonds is 3. The molecular formula is C11H12O4. The van der Waals surface area contributed by atoms with Gasteiger partial charge in [-0.3, -0.25) is 4.79 Å². The van der Waals surface area contributed by atoms with E-state index in [1.54, 1.807) is 12.1 Å². The number of phenolic OH excluding ortho intramolecular Hbond substituents is 2. The van der Waals surface area contributed by atoms with Crippen molar-refractivity contribution < 1.29 is 19.7 Å². The summed E-state index contributed by atoms with van der Waals surface area (Å²) in [6, 6.07) is 4.48. The number of ether oxygens (including phenoxy) is 1. The Bertz CT molecular complexity index is 358. The number of hydrogen-bond donors (Lipinski definition) is 2. The maximum absolute atomic E-state index is 10.5. The molecule has 1 fully saturated rings. The average molecular weight is 208 g/mol. The molecule has 1 aromatic carbocycles. The van der Waals surface area contributed by atoms with Gasteiger partial charge in [-0.2, -0.15) is 0 Å². The first kappa shape index (κ1) is 9.83. The van der Waals surface area contributed by atoms with Crippen LogP contribution in [0.4, 0.5) is 0 Å². The fraction of sp³-hybridized carbons (Fsp3) is 0.364. The number of aromatic hydroxyl groups is 2. The van der Waals surface area contributed by atoms with Gasteiger partial charge < -0.3 is 14.9 Å². The van der Waals surface area contributed by atoms with Gasteiger partial charge in [0, 0.05) is 6.07 Å². The molecule has 2 rings (SSSR count). The van der Waals surface area contributed by atoms with Gasteiger partial charge >= 0.3 is 5.97 Å². The second-order valence-electron chi connectivity index (χ2n) is 3.71. The Morgan fingerprint density at radius 3 is 2.40 bits per heavy atom. The number of carbonyl (C=O) groups excluding carboxylic acids is 1. The van der Waals surface area contributed by atoms with Crippen LogP contribution in [0.3, 0.4) is 0 Å². The number of aryl methyl sites for hydroxylation is 1. The lowest BCUT2D eigenvalue weighted by atomic mass is 10.0. The second kappa shape index (κ2) is 3.81. The number of esters is 1. The molecule has 1 unspecified atom stereocenters. The van der Waals surface area contributed by atoms with Crippen molar-refractivity contribution in [3.05, 3.63) is 23.8 Å². The lowest BCUT2D eigenvalue weighted by molar-refractivity contribution is -0.169. The quantitative estimate of drug-likeness (QED) is 0.736. The third kappa shape index (κ3) is 2.40. The van der Waals surface area contributed by atoms with Gasteiger partial charge in [0.1, 0.15) is 17.6 Å². The maximum atomic E-state index is 10.5. The molecule has 1 heterocycles. The highest BCUT2D eigenvalue weighted by Crippen LogP contribution is 2.24. The minimum atomic E-state index is -0.154. The average Bonchev–Trinajstić information content (AvgIpc) is 2.09. The third-order valence-electron chi connectivity index (χ3n) is 2.41. The number of phenols is 2. The molecular weight excluding hydrogens is 196 g/mol. The van der Waals surface area contributed by atoms with Crippen molar-refractivity contribution >= 4 is 5.97 Å². The zero-order valence-electron chi connectivity index (χ0n) is 8.14. The Hall–Kier alpha value is -1.71. The molecule has 1 aliphatic heterocycles. The van der Waals surface area contributed by atoms with Crippen molar-refractivity contribution in [2.45, 2.75) is 25.4 Å². The smallest absolute Gasteiger partial charge is 0.309 e. The summed E-state index contributed by atoms with van der Waals surface area (Å²) in [7, 11) is 0. The summed E-state index contributed by atoms with van der Waals surface area (Å²) in [6.45, 7) is 0. The molecule has 1 atom stereocenters. The van der Waals surface area contributed by atoms with Gasteiger partial charge in [0.15, 0.2) is 0 Å². The van der Waals surface area contributed by atoms with Gasteiger partial charge in [-0.05, 0) is 30.5 Å². The molecule has 0 aliphatic carbocycles. The largest absolute Gasteiger partial charge is 0.508 e. The van der Waals surface area contributed by atoms with Crippen LogP contribution in [0.15, 0.2) is 18.2 Å². The van der Waals surface area contributed by atoms with Gasteiger partial charge in [-0.1, -0.05) is 0 Å². The van der Waals surface area contributed by atoms with E-state index in [9.17, 15) is 15.0 Å². The number of carbonyl (C=O) groups is 1. The monoisotopic (exact) mass is 208 g/mol. The molecule has 2 N–H and O–H groups in total. The standard InChI is InChI=1S/C11H12O4/c12-8-3-7(4-9(13)5-8)1-2-10-6-11(14)15-10/h3-5,10,12-13H,1-2,6H2. The van der Waals surface area contributed by atoms with Gasteiger partial charge in [-0.15, -0.1) is 0 Å². The molecule has 1 aliphatic rings. The Morgan fingerprint density at radius 2 is 1.87 bits per heavy atom. The van der Waals surface area contributed by atoms with Crippen LogP contribution in [0.5, 0.6) is 11.5 Å². The van der Waals surface area contributed by atoms with E-state index >= 15 is 0 Å². The van der Waals surface area contributed by atoms with Crippen LogP contribution < -0.4 is 0 Å². The van der Waals surface area contributed by atoms with Crippen LogP contribution in [0.25, 0.3) is 0 Å². The van der Waals surface area contributed by atoms with E-state index in [0.717, 1.165) is 12.0 Å². The van der Waals surface area contributed by atoms with E-state index in [2.05, 4.69) is 0 Å². The van der Waals surface area contributed by atoms with Gasteiger partial charge in [-0.25, -0.2) is 0 Å². The Labute approximate surface area is 87.1 Å². The fourth-order valence-corrected chi connectivity index (χ4v) is 1.65. The van der Waals surface area contributed by atoms with E-state index in [1.807, 2.05) is 0 Å². The highest BCUT2D eigenvalue weighted by atomic mass is 16.6. The lowest BCUT2D eigenvalue weighted by Crippen LogP contribution is -2.32. The molecule has 0 spiro atoms. The molecule has 0 amide bonds. The van der Waals surface area contributed by atoms with Crippen LogP contribution >= 0.6 is 0 Å². The first-order valence-electron chi connectivity index (χ1n) is 4.85. The third-order valence-corrected chi connectivity index (χ3v) is 2.41. The maximum Gasteiger partial charge on any atom is 0.309 e. The van der Waals surface area contributed by atoms with Crippen molar-refractivity contribution in [1.29, 1.82) is 0 Å². The van der Waals surface area contributed by atoms with E-state index in [0.29, 0.717) is 12.8 Å². The lowest BCUT2D eigenvalue weighted by Gasteiger charge is -2.25. The number of benzene rings is 1. The van der Waals surface area contributed by atoms with E-state index < -0.39 is 0 Å². The number of hydrogen-bond acceptors (Lipinski definition) is 4. The first-order chi connectivity index (χ1) is 7.13. The SMILES string of the molecule is O=C1CC(CCc2cc(O)cc(O)c2)O1. The minimum Gasteiger partial charge on any atom is -0.508 e. The first-order valence-corrected chi connectivity index (χ1v) is 4.85. The van der Waals surface area contributed by atoms with Crippen LogP contribution in [-0.2, 0) is 16.0 Å².